The average Bonchev–Trinajstić information content (AvgIpc) is 2.44. The minimum atomic E-state index is -3.18. The van der Waals surface area contributed by atoms with Crippen LogP contribution in [0.2, 0.25) is 0 Å². The van der Waals surface area contributed by atoms with E-state index in [1.165, 1.54) is 0 Å². The largest absolute Gasteiger partial charge is 0.444 e. The molecule has 0 aromatic heterocycles. The molecule has 0 unspecified atom stereocenters. The van der Waals surface area contributed by atoms with Crippen molar-refractivity contribution in [1.82, 2.24) is 4.90 Å². The molecule has 23 heavy (non-hydrogen) atoms. The molecule has 8 heteroatoms. The Morgan fingerprint density at radius 2 is 1.65 bits per heavy atom. The Morgan fingerprint density at radius 3 is 2.09 bits per heavy atom. The Labute approximate surface area is 139 Å². The van der Waals surface area contributed by atoms with Crippen molar-refractivity contribution in [2.24, 2.45) is 0 Å². The maximum Gasteiger partial charge on any atom is 0.410 e. The Bertz CT molecular complexity index is 405. The maximum atomic E-state index is 12.3. The molecule has 0 aliphatic carbocycles. The van der Waals surface area contributed by atoms with Crippen LogP contribution >= 0.6 is 7.60 Å². The lowest BCUT2D eigenvalue weighted by molar-refractivity contribution is -0.00544. The summed E-state index contributed by atoms with van der Waals surface area (Å²) in [5, 5.41) is 0. The first-order chi connectivity index (χ1) is 10.7. The summed E-state index contributed by atoms with van der Waals surface area (Å²) in [7, 11) is -3.18. The van der Waals surface area contributed by atoms with Gasteiger partial charge in [0.05, 0.1) is 19.3 Å². The van der Waals surface area contributed by atoms with Crippen LogP contribution in [0.3, 0.4) is 0 Å². The van der Waals surface area contributed by atoms with E-state index < -0.39 is 13.2 Å². The third kappa shape index (κ3) is 7.66. The average molecular weight is 351 g/mol. The molecule has 1 aliphatic heterocycles. The summed E-state index contributed by atoms with van der Waals surface area (Å²) in [6.45, 7) is 10.8. The molecule has 0 radical (unpaired) electrons. The molecule has 0 atom stereocenters. The molecule has 1 heterocycles. The Morgan fingerprint density at radius 1 is 1.13 bits per heavy atom. The highest BCUT2D eigenvalue weighted by Crippen LogP contribution is 2.48. The molecule has 0 bridgehead atoms. The fraction of sp³-hybridized carbons (Fsp3) is 0.933. The van der Waals surface area contributed by atoms with Crippen molar-refractivity contribution in [3.63, 3.8) is 0 Å². The van der Waals surface area contributed by atoms with Crippen molar-refractivity contribution in [2.75, 3.05) is 32.7 Å². The molecule has 1 rings (SSSR count). The van der Waals surface area contributed by atoms with Crippen molar-refractivity contribution >= 4 is 13.7 Å². The predicted molar refractivity (Wildman–Crippen MR) is 87.6 cm³/mol. The summed E-state index contributed by atoms with van der Waals surface area (Å²) in [5.74, 6) is 0. The number of piperidine rings is 1. The minimum absolute atomic E-state index is 0.0498. The Hall–Kier alpha value is -0.620. The van der Waals surface area contributed by atoms with Crippen molar-refractivity contribution in [1.29, 1.82) is 0 Å². The van der Waals surface area contributed by atoms with Gasteiger partial charge in [-0.1, -0.05) is 0 Å². The second kappa shape index (κ2) is 9.02. The zero-order valence-corrected chi connectivity index (χ0v) is 15.8. The van der Waals surface area contributed by atoms with E-state index in [1.54, 1.807) is 18.7 Å². The van der Waals surface area contributed by atoms with E-state index in [0.29, 0.717) is 39.1 Å². The molecule has 0 saturated carbocycles. The summed E-state index contributed by atoms with van der Waals surface area (Å²) in [6, 6.07) is 0. The van der Waals surface area contributed by atoms with Crippen LogP contribution in [0.1, 0.15) is 47.5 Å². The first kappa shape index (κ1) is 20.4. The fourth-order valence-electron chi connectivity index (χ4n) is 2.23. The first-order valence-electron chi connectivity index (χ1n) is 8.16. The monoisotopic (exact) mass is 351 g/mol. The van der Waals surface area contributed by atoms with E-state index in [9.17, 15) is 9.36 Å². The molecule has 0 aromatic rings. The van der Waals surface area contributed by atoms with E-state index in [2.05, 4.69) is 0 Å². The normalized spacial score (nSPS) is 17.3. The summed E-state index contributed by atoms with van der Waals surface area (Å²) < 4.78 is 33.8. The molecule has 7 nitrogen and oxygen atoms in total. The van der Waals surface area contributed by atoms with E-state index in [1.807, 2.05) is 20.8 Å². The number of rotatable bonds is 7. The van der Waals surface area contributed by atoms with E-state index >= 15 is 0 Å². The van der Waals surface area contributed by atoms with Gasteiger partial charge in [-0.2, -0.15) is 0 Å². The van der Waals surface area contributed by atoms with Gasteiger partial charge in [0.15, 0.2) is 0 Å². The third-order valence-electron chi connectivity index (χ3n) is 3.21. The number of amides is 1. The molecular formula is C15H30NO6P. The molecule has 1 aliphatic rings. The lowest BCUT2D eigenvalue weighted by Crippen LogP contribution is -2.43. The van der Waals surface area contributed by atoms with E-state index in [-0.39, 0.29) is 18.5 Å². The van der Waals surface area contributed by atoms with Crippen molar-refractivity contribution in [3.8, 4) is 0 Å². The van der Waals surface area contributed by atoms with E-state index in [0.717, 1.165) is 0 Å². The summed E-state index contributed by atoms with van der Waals surface area (Å²) in [6.07, 6.45) is 0.953. The summed E-state index contributed by atoms with van der Waals surface area (Å²) in [5.41, 5.74) is -0.494. The van der Waals surface area contributed by atoms with Crippen LogP contribution in [0.5, 0.6) is 0 Å². The van der Waals surface area contributed by atoms with Crippen molar-refractivity contribution in [3.05, 3.63) is 0 Å². The SMILES string of the molecule is CCOP(=O)(COC1CCN(C(=O)OC(C)(C)C)CC1)OCC. The Kier molecular flexibility index (Phi) is 8.01. The van der Waals surface area contributed by atoms with E-state index in [4.69, 9.17) is 18.5 Å². The highest BCUT2D eigenvalue weighted by molar-refractivity contribution is 7.53. The lowest BCUT2D eigenvalue weighted by Gasteiger charge is -2.33. The first-order valence-corrected chi connectivity index (χ1v) is 9.89. The molecular weight excluding hydrogens is 321 g/mol. The summed E-state index contributed by atoms with van der Waals surface area (Å²) >= 11 is 0. The second-order valence-electron chi connectivity index (χ2n) is 6.41. The van der Waals surface area contributed by atoms with Gasteiger partial charge in [-0.3, -0.25) is 4.57 Å². The maximum absolute atomic E-state index is 12.3. The topological polar surface area (TPSA) is 74.3 Å². The molecule has 1 saturated heterocycles. The standard InChI is InChI=1S/C15H30NO6P/c1-6-20-23(18,21-7-2)12-19-13-8-10-16(11-9-13)14(17)22-15(3,4)5/h13H,6-12H2,1-5H3. The van der Waals surface area contributed by atoms with Crippen LogP contribution in [0.25, 0.3) is 0 Å². The fourth-order valence-corrected chi connectivity index (χ4v) is 3.64. The van der Waals surface area contributed by atoms with Crippen molar-refractivity contribution < 1.29 is 27.9 Å². The van der Waals surface area contributed by atoms with Crippen LogP contribution in [-0.2, 0) is 23.1 Å². The summed E-state index contributed by atoms with van der Waals surface area (Å²) in [4.78, 5) is 13.7. The minimum Gasteiger partial charge on any atom is -0.444 e. The van der Waals surface area contributed by atoms with Crippen LogP contribution in [0, 0.1) is 0 Å². The number of likely N-dealkylation sites (tertiary alicyclic amines) is 1. The molecule has 0 N–H and O–H groups in total. The van der Waals surface area contributed by atoms with Gasteiger partial charge in [0.1, 0.15) is 11.9 Å². The zero-order chi connectivity index (χ0) is 17.5. The number of carbonyl (C=O) groups excluding carboxylic acids is 1. The van der Waals surface area contributed by atoms with Crippen LogP contribution in [-0.4, -0.2) is 55.3 Å². The molecule has 136 valence electrons. The Balaban J connectivity index is 2.39. The smallest absolute Gasteiger partial charge is 0.410 e. The number of carbonyl (C=O) groups is 1. The van der Waals surface area contributed by atoms with Gasteiger partial charge in [0, 0.05) is 13.1 Å². The van der Waals surface area contributed by atoms with Gasteiger partial charge < -0.3 is 23.4 Å². The van der Waals surface area contributed by atoms with Crippen LogP contribution in [0.4, 0.5) is 4.79 Å². The molecule has 1 fully saturated rings. The van der Waals surface area contributed by atoms with Gasteiger partial charge in [0.2, 0.25) is 0 Å². The van der Waals surface area contributed by atoms with Gasteiger partial charge in [-0.15, -0.1) is 0 Å². The van der Waals surface area contributed by atoms with Gasteiger partial charge in [-0.05, 0) is 47.5 Å². The predicted octanol–water partition coefficient (Wildman–Crippen LogP) is 3.63. The number of hydrogen-bond acceptors (Lipinski definition) is 6. The van der Waals surface area contributed by atoms with Gasteiger partial charge in [-0.25, -0.2) is 4.79 Å². The van der Waals surface area contributed by atoms with Crippen molar-refractivity contribution in [2.45, 2.75) is 59.2 Å². The molecule has 0 spiro atoms. The lowest BCUT2D eigenvalue weighted by atomic mass is 10.1. The zero-order valence-electron chi connectivity index (χ0n) is 14.9. The number of ether oxygens (including phenoxy) is 2. The number of hydrogen-bond donors (Lipinski definition) is 0. The molecule has 1 amide bonds. The molecule has 0 aromatic carbocycles. The van der Waals surface area contributed by atoms with Gasteiger partial charge >= 0.3 is 13.7 Å². The van der Waals surface area contributed by atoms with Crippen LogP contribution in [0.15, 0.2) is 0 Å². The number of nitrogens with zero attached hydrogens (tertiary/aromatic N) is 1. The third-order valence-corrected chi connectivity index (χ3v) is 4.98. The van der Waals surface area contributed by atoms with Crippen LogP contribution < -0.4 is 0 Å². The highest BCUT2D eigenvalue weighted by atomic mass is 31.2. The second-order valence-corrected chi connectivity index (χ2v) is 8.41. The highest BCUT2D eigenvalue weighted by Gasteiger charge is 2.30. The van der Waals surface area contributed by atoms with Gasteiger partial charge in [0.25, 0.3) is 0 Å². The quantitative estimate of drug-likeness (QED) is 0.652.